The molecule has 0 amide bonds. The number of hydrogen-bond donors (Lipinski definition) is 3. The Hall–Kier alpha value is -2.76. The van der Waals surface area contributed by atoms with E-state index in [2.05, 4.69) is 30.9 Å². The highest BCUT2D eigenvalue weighted by Crippen LogP contribution is 2.46. The van der Waals surface area contributed by atoms with E-state index in [1.165, 1.54) is 0 Å². The number of rotatable bonds is 4. The average Bonchev–Trinajstić information content (AvgIpc) is 3.15. The number of halogens is 3. The summed E-state index contributed by atoms with van der Waals surface area (Å²) < 4.78 is 49.6. The highest BCUT2D eigenvalue weighted by Gasteiger charge is 2.51. The van der Waals surface area contributed by atoms with Crippen LogP contribution in [0.2, 0.25) is 0 Å². The van der Waals surface area contributed by atoms with Crippen molar-refractivity contribution in [3.05, 3.63) is 36.3 Å². The molecule has 0 aromatic carbocycles. The Morgan fingerprint density at radius 1 is 1.21 bits per heavy atom. The standard InChI is InChI=1S/C22H24F3N7O/c23-22(24,25)15-8-29-20(30-16-3-4-21(16)11-27-12-21)31-18(15)14-10-32(17-9-26-6-7-33-17)19-13(14)2-1-5-28-19/h1-2,5,8,10,16-17,26-27H,3-4,6-7,9,11-12H2,(H,29,30,31). The lowest BCUT2D eigenvalue weighted by Crippen LogP contribution is -2.67. The van der Waals surface area contributed by atoms with Crippen LogP contribution in [0.3, 0.4) is 0 Å². The Morgan fingerprint density at radius 2 is 2.09 bits per heavy atom. The van der Waals surface area contributed by atoms with Gasteiger partial charge < -0.3 is 25.3 Å². The first kappa shape index (κ1) is 20.8. The Balaban J connectivity index is 1.45. The molecule has 5 heterocycles. The molecule has 0 bridgehead atoms. The van der Waals surface area contributed by atoms with Crippen LogP contribution >= 0.6 is 0 Å². The van der Waals surface area contributed by atoms with E-state index in [0.717, 1.165) is 38.7 Å². The molecule has 2 atom stereocenters. The molecule has 2 aliphatic heterocycles. The topological polar surface area (TPSA) is 88.9 Å². The van der Waals surface area contributed by atoms with Crippen molar-refractivity contribution in [2.75, 3.05) is 38.1 Å². The van der Waals surface area contributed by atoms with E-state index in [0.29, 0.717) is 29.7 Å². The normalized spacial score (nSPS) is 24.5. The smallest absolute Gasteiger partial charge is 0.355 e. The monoisotopic (exact) mass is 459 g/mol. The van der Waals surface area contributed by atoms with Crippen LogP contribution < -0.4 is 16.0 Å². The Kier molecular flexibility index (Phi) is 4.82. The zero-order valence-corrected chi connectivity index (χ0v) is 17.8. The third kappa shape index (κ3) is 3.46. The Morgan fingerprint density at radius 3 is 2.76 bits per heavy atom. The van der Waals surface area contributed by atoms with Gasteiger partial charge in [-0.1, -0.05) is 0 Å². The van der Waals surface area contributed by atoms with Crippen molar-refractivity contribution in [1.29, 1.82) is 0 Å². The summed E-state index contributed by atoms with van der Waals surface area (Å²) in [5.41, 5.74) is 0.0600. The molecule has 2 unspecified atom stereocenters. The van der Waals surface area contributed by atoms with Gasteiger partial charge >= 0.3 is 6.18 Å². The summed E-state index contributed by atoms with van der Waals surface area (Å²) in [7, 11) is 0. The van der Waals surface area contributed by atoms with Gasteiger partial charge in [0.1, 0.15) is 17.4 Å². The zero-order valence-electron chi connectivity index (χ0n) is 17.8. The van der Waals surface area contributed by atoms with Crippen LogP contribution in [0.25, 0.3) is 22.3 Å². The molecule has 1 saturated carbocycles. The fourth-order valence-corrected chi connectivity index (χ4v) is 5.03. The van der Waals surface area contributed by atoms with Crippen LogP contribution in [0.15, 0.2) is 30.7 Å². The summed E-state index contributed by atoms with van der Waals surface area (Å²) in [5.74, 6) is 0.217. The molecule has 11 heteroatoms. The van der Waals surface area contributed by atoms with Gasteiger partial charge in [0, 0.05) is 67.2 Å². The molecule has 2 saturated heterocycles. The summed E-state index contributed by atoms with van der Waals surface area (Å²) in [6.45, 7) is 3.60. The summed E-state index contributed by atoms with van der Waals surface area (Å²) in [6.07, 6.45) is 1.27. The van der Waals surface area contributed by atoms with E-state index in [9.17, 15) is 13.2 Å². The number of ether oxygens (including phenoxy) is 1. The average molecular weight is 459 g/mol. The quantitative estimate of drug-likeness (QED) is 0.553. The molecule has 3 aromatic rings. The van der Waals surface area contributed by atoms with Crippen molar-refractivity contribution < 1.29 is 17.9 Å². The van der Waals surface area contributed by atoms with E-state index >= 15 is 0 Å². The number of nitrogens with one attached hydrogen (secondary N) is 3. The van der Waals surface area contributed by atoms with Gasteiger partial charge in [-0.05, 0) is 25.0 Å². The van der Waals surface area contributed by atoms with Gasteiger partial charge in [0.15, 0.2) is 0 Å². The first-order valence-electron chi connectivity index (χ1n) is 11.1. The van der Waals surface area contributed by atoms with Crippen LogP contribution in [0.1, 0.15) is 24.6 Å². The fraction of sp³-hybridized carbons (Fsp3) is 0.500. The molecule has 8 nitrogen and oxygen atoms in total. The van der Waals surface area contributed by atoms with Crippen molar-refractivity contribution in [2.45, 2.75) is 31.3 Å². The summed E-state index contributed by atoms with van der Waals surface area (Å²) in [6, 6.07) is 3.64. The highest BCUT2D eigenvalue weighted by atomic mass is 19.4. The van der Waals surface area contributed by atoms with E-state index in [1.807, 2.05) is 0 Å². The molecule has 1 spiro atoms. The lowest BCUT2D eigenvalue weighted by Gasteiger charge is -2.56. The van der Waals surface area contributed by atoms with Gasteiger partial charge in [-0.2, -0.15) is 13.2 Å². The van der Waals surface area contributed by atoms with Gasteiger partial charge in [0.05, 0.1) is 12.3 Å². The molecule has 174 valence electrons. The van der Waals surface area contributed by atoms with Gasteiger partial charge in [-0.15, -0.1) is 0 Å². The van der Waals surface area contributed by atoms with Crippen molar-refractivity contribution in [3.63, 3.8) is 0 Å². The van der Waals surface area contributed by atoms with E-state index in [4.69, 9.17) is 4.74 Å². The van der Waals surface area contributed by atoms with Crippen molar-refractivity contribution in [3.8, 4) is 11.3 Å². The second-order valence-corrected chi connectivity index (χ2v) is 9.01. The van der Waals surface area contributed by atoms with Crippen LogP contribution in [-0.4, -0.2) is 58.3 Å². The first-order valence-corrected chi connectivity index (χ1v) is 11.1. The Labute approximate surface area is 188 Å². The second kappa shape index (κ2) is 7.64. The summed E-state index contributed by atoms with van der Waals surface area (Å²) in [5, 5.41) is 10.4. The summed E-state index contributed by atoms with van der Waals surface area (Å²) in [4.78, 5) is 12.9. The predicted octanol–water partition coefficient (Wildman–Crippen LogP) is 2.79. The van der Waals surface area contributed by atoms with Crippen LogP contribution in [0.4, 0.5) is 19.1 Å². The molecule has 33 heavy (non-hydrogen) atoms. The summed E-state index contributed by atoms with van der Waals surface area (Å²) >= 11 is 0. The number of anilines is 1. The SMILES string of the molecule is FC(F)(F)c1cnc(NC2CCC23CNC3)nc1-c1cn(C2CNCCO2)c2ncccc12. The van der Waals surface area contributed by atoms with E-state index in [-0.39, 0.29) is 29.3 Å². The molecule has 0 radical (unpaired) electrons. The Bertz CT molecular complexity index is 1180. The highest BCUT2D eigenvalue weighted by molar-refractivity contribution is 5.94. The van der Waals surface area contributed by atoms with E-state index in [1.54, 1.807) is 29.1 Å². The fourth-order valence-electron chi connectivity index (χ4n) is 5.03. The molecule has 3 aromatic heterocycles. The molecule has 3 fully saturated rings. The zero-order chi connectivity index (χ0) is 22.6. The number of morpholine rings is 1. The first-order chi connectivity index (χ1) is 15.9. The van der Waals surface area contributed by atoms with Gasteiger partial charge in [-0.25, -0.2) is 15.0 Å². The maximum Gasteiger partial charge on any atom is 0.419 e. The van der Waals surface area contributed by atoms with Crippen molar-refractivity contribution in [1.82, 2.24) is 30.2 Å². The maximum absolute atomic E-state index is 14.0. The molecule has 1 aliphatic carbocycles. The number of aromatic nitrogens is 4. The van der Waals surface area contributed by atoms with Crippen molar-refractivity contribution in [2.24, 2.45) is 5.41 Å². The molecule has 6 rings (SSSR count). The van der Waals surface area contributed by atoms with Gasteiger partial charge in [0.2, 0.25) is 5.95 Å². The third-order valence-corrected chi connectivity index (χ3v) is 7.08. The third-order valence-electron chi connectivity index (χ3n) is 7.08. The van der Waals surface area contributed by atoms with Crippen molar-refractivity contribution >= 4 is 17.0 Å². The number of hydrogen-bond acceptors (Lipinski definition) is 7. The van der Waals surface area contributed by atoms with Crippen LogP contribution in [-0.2, 0) is 10.9 Å². The maximum atomic E-state index is 14.0. The largest absolute Gasteiger partial charge is 0.419 e. The van der Waals surface area contributed by atoms with Crippen LogP contribution in [0.5, 0.6) is 0 Å². The van der Waals surface area contributed by atoms with Crippen LogP contribution in [0, 0.1) is 5.41 Å². The molecular weight excluding hydrogens is 435 g/mol. The molecule has 3 aliphatic rings. The van der Waals surface area contributed by atoms with Gasteiger partial charge in [0.25, 0.3) is 0 Å². The minimum atomic E-state index is -4.59. The minimum Gasteiger partial charge on any atom is -0.355 e. The second-order valence-electron chi connectivity index (χ2n) is 9.01. The number of pyridine rings is 1. The molecule has 3 N–H and O–H groups in total. The van der Waals surface area contributed by atoms with E-state index < -0.39 is 11.7 Å². The van der Waals surface area contributed by atoms with Gasteiger partial charge in [-0.3, -0.25) is 0 Å². The number of alkyl halides is 3. The predicted molar refractivity (Wildman–Crippen MR) is 116 cm³/mol. The number of nitrogens with zero attached hydrogens (tertiary/aromatic N) is 4. The molecular formula is C22H24F3N7O. The lowest BCUT2D eigenvalue weighted by molar-refractivity contribution is -0.137. The lowest BCUT2D eigenvalue weighted by atomic mass is 9.60. The minimum absolute atomic E-state index is 0.152. The number of fused-ring (bicyclic) bond motifs is 1.